The molecule has 7 nitrogen and oxygen atoms in total. The van der Waals surface area contributed by atoms with E-state index >= 15 is 0 Å². The number of anilines is 1. The molecule has 1 spiro atoms. The molecule has 7 aliphatic rings. The van der Waals surface area contributed by atoms with E-state index in [9.17, 15) is 4.79 Å². The van der Waals surface area contributed by atoms with Crippen molar-refractivity contribution in [3.8, 4) is 0 Å². The van der Waals surface area contributed by atoms with E-state index in [2.05, 4.69) is 88.1 Å². The Hall–Kier alpha value is -3.13. The fraction of sp³-hybridized carbons (Fsp3) is 0.575. The van der Waals surface area contributed by atoms with Crippen molar-refractivity contribution in [1.82, 2.24) is 14.8 Å². The number of hydrogen-bond donors (Lipinski definition) is 1. The molecule has 1 aromatic heterocycles. The summed E-state index contributed by atoms with van der Waals surface area (Å²) in [6, 6.07) is 19.1. The maximum Gasteiger partial charge on any atom is 0.313 e. The second-order valence-corrected chi connectivity index (χ2v) is 15.7. The Labute approximate surface area is 278 Å². The molecule has 6 aliphatic heterocycles. The van der Waals surface area contributed by atoms with Gasteiger partial charge in [-0.1, -0.05) is 61.4 Å². The van der Waals surface area contributed by atoms with Gasteiger partial charge < -0.3 is 19.4 Å². The standard InChI is InChI=1S/C40H48N4O3/c1-4-23-21-43-17-15-40-30-11-7-9-13-32(30)44-37(40)29(27(23)19-34(40)43)22-47-38(44)35(39(45)46-3)28-18-33-36-26(14-16-42(33)20-24(28)5-2)25-10-6-8-12-31(25)41-36/h5-13,23,27-29,33-35,37-38,41H,4,14-22H2,1-3H3/t23-,27+,28+,29+,33+,34+,35-,37+,38+,40-/m1/s1. The molecule has 2 aromatic carbocycles. The zero-order valence-corrected chi connectivity index (χ0v) is 28.0. The van der Waals surface area contributed by atoms with Gasteiger partial charge in [0.25, 0.3) is 0 Å². The van der Waals surface area contributed by atoms with E-state index in [0.29, 0.717) is 29.8 Å². The van der Waals surface area contributed by atoms with Gasteiger partial charge >= 0.3 is 5.97 Å². The zero-order valence-electron chi connectivity index (χ0n) is 28.0. The average molecular weight is 633 g/mol. The first-order chi connectivity index (χ1) is 23.1. The van der Waals surface area contributed by atoms with Gasteiger partial charge in [-0.2, -0.15) is 0 Å². The number of benzene rings is 2. The number of piperidine rings is 2. The summed E-state index contributed by atoms with van der Waals surface area (Å²) >= 11 is 0. The van der Waals surface area contributed by atoms with Crippen molar-refractivity contribution in [2.45, 2.75) is 75.7 Å². The van der Waals surface area contributed by atoms with E-state index in [1.807, 2.05) is 0 Å². The lowest BCUT2D eigenvalue weighted by Crippen LogP contribution is -2.71. The minimum Gasteiger partial charge on any atom is -0.469 e. The smallest absolute Gasteiger partial charge is 0.313 e. The second-order valence-electron chi connectivity index (χ2n) is 15.7. The number of para-hydroxylation sites is 2. The molecule has 47 heavy (non-hydrogen) atoms. The number of allylic oxidation sites excluding steroid dienone is 1. The van der Waals surface area contributed by atoms with Crippen molar-refractivity contribution >= 4 is 22.6 Å². The molecule has 1 aliphatic carbocycles. The number of aromatic nitrogens is 1. The van der Waals surface area contributed by atoms with Crippen molar-refractivity contribution in [3.05, 3.63) is 77.0 Å². The van der Waals surface area contributed by atoms with Gasteiger partial charge in [-0.25, -0.2) is 0 Å². The number of fused-ring (bicyclic) bond motifs is 9. The molecule has 3 aromatic rings. The van der Waals surface area contributed by atoms with Crippen LogP contribution in [0.2, 0.25) is 0 Å². The first-order valence-corrected chi connectivity index (χ1v) is 18.4. The number of ether oxygens (including phenoxy) is 2. The Kier molecular flexibility index (Phi) is 6.40. The number of aromatic amines is 1. The molecule has 246 valence electrons. The van der Waals surface area contributed by atoms with E-state index in [1.165, 1.54) is 71.3 Å². The highest BCUT2D eigenvalue weighted by molar-refractivity contribution is 5.85. The molecule has 0 amide bonds. The molecule has 10 atom stereocenters. The van der Waals surface area contributed by atoms with Gasteiger partial charge in [0.2, 0.25) is 0 Å². The molecule has 0 unspecified atom stereocenters. The van der Waals surface area contributed by atoms with Crippen LogP contribution >= 0.6 is 0 Å². The highest BCUT2D eigenvalue weighted by Gasteiger charge is 2.70. The van der Waals surface area contributed by atoms with Crippen LogP contribution in [-0.2, 0) is 26.1 Å². The SMILES string of the molecule is CC=C1CN2CCc3c([nH]c4ccccc34)[C@@H]2C[C@@H]1[C@@H](C(=O)OC)[C@@H]1OC[C@H]2[C@H]3C[C@@H]4N(CC[C@@]45c4ccccc4N1[C@@H]25)C[C@H]3CC. The average Bonchev–Trinajstić information content (AvgIpc) is 3.80. The number of esters is 1. The lowest BCUT2D eigenvalue weighted by atomic mass is 9.54. The van der Waals surface area contributed by atoms with Crippen LogP contribution < -0.4 is 4.90 Å². The van der Waals surface area contributed by atoms with E-state index in [4.69, 9.17) is 9.47 Å². The maximum absolute atomic E-state index is 14.3. The Morgan fingerprint density at radius 2 is 1.96 bits per heavy atom. The topological polar surface area (TPSA) is 61.0 Å². The molecule has 0 radical (unpaired) electrons. The van der Waals surface area contributed by atoms with Gasteiger partial charge in [-0.15, -0.1) is 0 Å². The third kappa shape index (κ3) is 3.71. The predicted octanol–water partition coefficient (Wildman–Crippen LogP) is 6.06. The van der Waals surface area contributed by atoms with Gasteiger partial charge in [0.15, 0.2) is 0 Å². The summed E-state index contributed by atoms with van der Waals surface area (Å²) < 4.78 is 12.9. The molecule has 5 fully saturated rings. The van der Waals surface area contributed by atoms with Crippen LogP contribution in [0.25, 0.3) is 10.9 Å². The van der Waals surface area contributed by atoms with Crippen molar-refractivity contribution < 1.29 is 14.3 Å². The van der Waals surface area contributed by atoms with Gasteiger partial charge in [0.1, 0.15) is 12.1 Å². The largest absolute Gasteiger partial charge is 0.469 e. The number of H-pyrrole nitrogens is 1. The van der Waals surface area contributed by atoms with E-state index in [1.54, 1.807) is 7.11 Å². The number of carbonyl (C=O) groups excluding carboxylic acids is 1. The van der Waals surface area contributed by atoms with Crippen molar-refractivity contribution in [3.63, 3.8) is 0 Å². The van der Waals surface area contributed by atoms with Crippen LogP contribution in [0.5, 0.6) is 0 Å². The van der Waals surface area contributed by atoms with Crippen molar-refractivity contribution in [2.75, 3.05) is 44.8 Å². The minimum atomic E-state index is -0.409. The summed E-state index contributed by atoms with van der Waals surface area (Å²) in [5.74, 6) is 1.35. The van der Waals surface area contributed by atoms with Crippen LogP contribution in [0.3, 0.4) is 0 Å². The van der Waals surface area contributed by atoms with Gasteiger partial charge in [0, 0.05) is 71.3 Å². The third-order valence-electron chi connectivity index (χ3n) is 14.3. The molecule has 7 heterocycles. The molecular weight excluding hydrogens is 584 g/mol. The first kappa shape index (κ1) is 28.8. The van der Waals surface area contributed by atoms with Crippen LogP contribution in [0.1, 0.15) is 62.4 Å². The summed E-state index contributed by atoms with van der Waals surface area (Å²) in [6.45, 7) is 9.62. The Balaban J connectivity index is 1.09. The summed E-state index contributed by atoms with van der Waals surface area (Å²) in [4.78, 5) is 26.3. The maximum atomic E-state index is 14.3. The highest BCUT2D eigenvalue weighted by atomic mass is 16.5. The van der Waals surface area contributed by atoms with Crippen LogP contribution in [0, 0.1) is 29.6 Å². The molecule has 10 rings (SSSR count). The Morgan fingerprint density at radius 3 is 2.81 bits per heavy atom. The van der Waals surface area contributed by atoms with E-state index in [0.717, 1.165) is 32.5 Å². The zero-order chi connectivity index (χ0) is 31.6. The van der Waals surface area contributed by atoms with Crippen LogP contribution in [-0.4, -0.2) is 79.0 Å². The number of nitrogens with zero attached hydrogens (tertiary/aromatic N) is 3. The molecular formula is C40H48N4O3. The van der Waals surface area contributed by atoms with Crippen LogP contribution in [0.4, 0.5) is 5.69 Å². The fourth-order valence-electron chi connectivity index (χ4n) is 12.5. The van der Waals surface area contributed by atoms with E-state index < -0.39 is 5.92 Å². The third-order valence-corrected chi connectivity index (χ3v) is 14.3. The molecule has 2 bridgehead atoms. The minimum absolute atomic E-state index is 0.0304. The van der Waals surface area contributed by atoms with E-state index in [-0.39, 0.29) is 29.6 Å². The number of carbonyl (C=O) groups is 1. The quantitative estimate of drug-likeness (QED) is 0.279. The lowest BCUT2D eigenvalue weighted by Gasteiger charge is -2.61. The fourth-order valence-corrected chi connectivity index (χ4v) is 12.5. The highest BCUT2D eigenvalue weighted by Crippen LogP contribution is 2.65. The van der Waals surface area contributed by atoms with Crippen molar-refractivity contribution in [2.24, 2.45) is 29.6 Å². The normalized spacial score (nSPS) is 38.5. The molecule has 1 saturated carbocycles. The van der Waals surface area contributed by atoms with Crippen molar-refractivity contribution in [1.29, 1.82) is 0 Å². The summed E-state index contributed by atoms with van der Waals surface area (Å²) in [5.41, 5.74) is 8.28. The number of rotatable bonds is 4. The lowest BCUT2D eigenvalue weighted by molar-refractivity contribution is -0.165. The number of nitrogens with one attached hydrogen (secondary N) is 1. The second kappa shape index (κ2) is 10.4. The summed E-state index contributed by atoms with van der Waals surface area (Å²) in [5, 5.41) is 1.35. The first-order valence-electron chi connectivity index (χ1n) is 18.4. The van der Waals surface area contributed by atoms with Gasteiger partial charge in [-0.05, 0) is 74.2 Å². The van der Waals surface area contributed by atoms with Gasteiger partial charge in [-0.3, -0.25) is 14.6 Å². The van der Waals surface area contributed by atoms with Gasteiger partial charge in [0.05, 0.1) is 19.8 Å². The predicted molar refractivity (Wildman–Crippen MR) is 183 cm³/mol. The van der Waals surface area contributed by atoms with Crippen LogP contribution in [0.15, 0.2) is 60.2 Å². The monoisotopic (exact) mass is 632 g/mol. The molecule has 1 N–H and O–H groups in total. The molecule has 7 heteroatoms. The Morgan fingerprint density at radius 1 is 1.11 bits per heavy atom. The summed E-state index contributed by atoms with van der Waals surface area (Å²) in [6.07, 6.45) is 7.58. The number of hydrogen-bond acceptors (Lipinski definition) is 6. The molecule has 4 saturated heterocycles. The number of methoxy groups -OCH3 is 1. The Bertz CT molecular complexity index is 1780. The summed E-state index contributed by atoms with van der Waals surface area (Å²) in [7, 11) is 1.58.